The van der Waals surface area contributed by atoms with Crippen molar-refractivity contribution in [2.24, 2.45) is 0 Å². The molecule has 0 aromatic carbocycles. The topological polar surface area (TPSA) is 194 Å². The molecule has 0 bridgehead atoms. The molecule has 1 heterocycles. The fourth-order valence-corrected chi connectivity index (χ4v) is 2.97. The molecule has 0 aromatic rings. The smallest absolute Gasteiger partial charge is 0.339 e. The summed E-state index contributed by atoms with van der Waals surface area (Å²) < 4.78 is 23.7. The Kier molecular flexibility index (Phi) is 52.2. The van der Waals surface area contributed by atoms with E-state index in [-0.39, 0.29) is 57.8 Å². The van der Waals surface area contributed by atoms with E-state index in [4.69, 9.17) is 57.6 Å². The van der Waals surface area contributed by atoms with Gasteiger partial charge >= 0.3 is 17.9 Å². The highest BCUT2D eigenvalue weighted by Gasteiger charge is 2.40. The van der Waals surface area contributed by atoms with Gasteiger partial charge in [0, 0.05) is 85.4 Å². The van der Waals surface area contributed by atoms with Gasteiger partial charge in [0.2, 0.25) is 0 Å². The second-order valence-corrected chi connectivity index (χ2v) is 9.43. The van der Waals surface area contributed by atoms with E-state index in [1.165, 1.54) is 27.2 Å². The molecule has 1 aliphatic heterocycles. The maximum atomic E-state index is 12.4. The Morgan fingerprint density at radius 2 is 1.23 bits per heavy atom. The molecule has 0 amide bonds. The van der Waals surface area contributed by atoms with Crippen LogP contribution in [0.3, 0.4) is 0 Å². The van der Waals surface area contributed by atoms with E-state index in [1.807, 2.05) is 27.7 Å². The number of carbonyl (C=O) groups is 8. The Morgan fingerprint density at radius 3 is 1.52 bits per heavy atom. The number of rotatable bonds is 17. The number of hydrogen-bond donors (Lipinski definition) is 1. The van der Waals surface area contributed by atoms with Crippen molar-refractivity contribution in [1.82, 2.24) is 0 Å². The first-order chi connectivity index (χ1) is 24.2. The van der Waals surface area contributed by atoms with E-state index in [1.54, 1.807) is 6.92 Å². The molecule has 0 spiro atoms. The minimum atomic E-state index is -1.05. The molecule has 0 saturated carbocycles. The molecule has 13 radical (unpaired) electrons. The minimum absolute atomic E-state index is 0. The molecular weight excluding hydrogens is 662 g/mol. The molecule has 0 aliphatic carbocycles. The van der Waals surface area contributed by atoms with Gasteiger partial charge in [-0.25, -0.2) is 14.4 Å². The number of carboxylic acid groups (broad SMARTS) is 1. The highest BCUT2D eigenvalue weighted by Crippen LogP contribution is 2.03. The van der Waals surface area contributed by atoms with Gasteiger partial charge in [0.05, 0.1) is 12.1 Å². The largest absolute Gasteiger partial charge is 0.480 e. The quantitative estimate of drug-likeness (QED) is 0.0737. The highest BCUT2D eigenvalue weighted by atomic mass is 16.6. The number of aliphatic carboxylic acids is 1. The number of carboxylic acids is 1. The summed E-state index contributed by atoms with van der Waals surface area (Å²) in [7, 11) is 34.8. The maximum absolute atomic E-state index is 12.4. The Morgan fingerprint density at radius 1 is 0.846 bits per heavy atom. The van der Waals surface area contributed by atoms with Crippen molar-refractivity contribution in [3.8, 4) is 12.8 Å². The molecule has 13 nitrogen and oxygen atoms in total. The standard InChI is InChI=1S/C7H9B12O4.C6H10O4.C4H4O4.C3H6O.2C2H6.C2H2.CH4/c1-5(20)3-23-4-6(21)2-7(22)15(18(13)14-8)19(16(9)10)17(11)12;1-2-5(7)3-10-4-6(8)9;5-3-1-7-2-4(6)8-3;1-3(2)4;3*1-2;/h2-4H2,1H3;2-4H2,1H3,(H,8,9);1-2H2;1-2H3;2*1-2H3;1-2H;1H4/i;;;;;;1D;. The van der Waals surface area contributed by atoms with Gasteiger partial charge in [-0.1, -0.05) is 42.0 Å². The van der Waals surface area contributed by atoms with Gasteiger partial charge < -0.3 is 33.6 Å². The highest BCUT2D eigenvalue weighted by molar-refractivity contribution is 8.05. The molecule has 25 heteroatoms. The molecular formula is C27H47B12O13. The number of terminal acetylenes is 1. The number of esters is 2. The van der Waals surface area contributed by atoms with E-state index in [2.05, 4.69) is 20.6 Å². The van der Waals surface area contributed by atoms with Gasteiger partial charge in [0.1, 0.15) is 53.3 Å². The number of Topliss-reactive ketones (excluding diaryl/α,β-unsaturated/α-hetero) is 4. The van der Waals surface area contributed by atoms with E-state index >= 15 is 0 Å². The summed E-state index contributed by atoms with van der Waals surface area (Å²) in [6, 6.07) is 0. The zero-order chi connectivity index (χ0) is 42.4. The van der Waals surface area contributed by atoms with Gasteiger partial charge in [-0.15, -0.1) is 12.8 Å². The third-order valence-corrected chi connectivity index (χ3v) is 4.80. The molecule has 1 saturated heterocycles. The van der Waals surface area contributed by atoms with E-state index in [0.29, 0.717) is 6.42 Å². The fourth-order valence-electron chi connectivity index (χ4n) is 2.97. The lowest BCUT2D eigenvalue weighted by Gasteiger charge is -2.31. The molecule has 1 rings (SSSR count). The van der Waals surface area contributed by atoms with Crippen molar-refractivity contribution in [3.63, 3.8) is 0 Å². The Balaban J connectivity index is -0.000000116. The minimum Gasteiger partial charge on any atom is -0.480 e. The predicted molar refractivity (Wildman–Crippen MR) is 217 cm³/mol. The molecule has 52 heavy (non-hydrogen) atoms. The average Bonchev–Trinajstić information content (AvgIpc) is 3.04. The van der Waals surface area contributed by atoms with Crippen molar-refractivity contribution in [2.75, 3.05) is 39.6 Å². The van der Waals surface area contributed by atoms with Crippen LogP contribution in [0.4, 0.5) is 0 Å². The zero-order valence-corrected chi connectivity index (χ0v) is 31.0. The summed E-state index contributed by atoms with van der Waals surface area (Å²) in [6.45, 7) is 11.8. The summed E-state index contributed by atoms with van der Waals surface area (Å²) in [5.41, 5.74) is -0.539. The second-order valence-electron chi connectivity index (χ2n) is 9.43. The zero-order valence-electron chi connectivity index (χ0n) is 32.0. The first-order valence-corrected chi connectivity index (χ1v) is 15.6. The van der Waals surface area contributed by atoms with E-state index in [9.17, 15) is 38.4 Å². The van der Waals surface area contributed by atoms with Crippen LogP contribution in [0.5, 0.6) is 0 Å². The molecule has 1 aliphatic rings. The number of hydrogen-bond acceptors (Lipinski definition) is 12. The molecule has 1 fully saturated rings. The van der Waals surface area contributed by atoms with E-state index in [0.717, 1.165) is 7.06 Å². The van der Waals surface area contributed by atoms with Crippen LogP contribution in [0.15, 0.2) is 0 Å². The van der Waals surface area contributed by atoms with Crippen molar-refractivity contribution < 1.29 is 63.8 Å². The van der Waals surface area contributed by atoms with Crippen molar-refractivity contribution in [1.29, 1.82) is 0 Å². The summed E-state index contributed by atoms with van der Waals surface area (Å²) in [5, 5.41) is 8.06. The van der Waals surface area contributed by atoms with Crippen LogP contribution in [-0.2, 0) is 57.3 Å². The fraction of sp³-hybridized carbons (Fsp3) is 0.630. The number of ketones is 4. The van der Waals surface area contributed by atoms with Gasteiger partial charge in [-0.3, -0.25) is 14.4 Å². The molecule has 0 aromatic heterocycles. The van der Waals surface area contributed by atoms with Gasteiger partial charge in [0.15, 0.2) is 17.3 Å². The molecule has 1 N–H and O–H groups in total. The summed E-state index contributed by atoms with van der Waals surface area (Å²) in [4.78, 5) is 84.8. The second kappa shape index (κ2) is 44.3. The third-order valence-electron chi connectivity index (χ3n) is 4.80. The van der Waals surface area contributed by atoms with Gasteiger partial charge in [0.25, 0.3) is 0 Å². The third kappa shape index (κ3) is 45.2. The summed E-state index contributed by atoms with van der Waals surface area (Å²) in [6.07, 6.45) is 1.88. The molecule has 0 atom stereocenters. The van der Waals surface area contributed by atoms with Crippen LogP contribution in [0, 0.1) is 12.8 Å². The number of cyclic esters (lactones) is 2. The average molecular weight is 710 g/mol. The SMILES string of the molecule is C.CC.CC.CC(C)=O.CCC(=O)COCC(=O)O.O=C1COCC(=O)O1.[2H]C#C.[B][B]B([B])B(B(B([B])[B])B([B])[B])C(=O)CC(=O)COCC(C)=O. The van der Waals surface area contributed by atoms with E-state index < -0.39 is 74.4 Å². The van der Waals surface area contributed by atoms with Gasteiger partial charge in [-0.05, 0) is 20.8 Å². The number of carbonyl (C=O) groups excluding carboxylic acids is 7. The van der Waals surface area contributed by atoms with Crippen LogP contribution >= 0.6 is 0 Å². The number of ether oxygens (including phenoxy) is 4. The molecule has 0 unspecified atom stereocenters. The Bertz CT molecular complexity index is 1060. The monoisotopic (exact) mass is 712 g/mol. The summed E-state index contributed by atoms with van der Waals surface area (Å²) in [5.74, 6) is -2.93. The lowest BCUT2D eigenvalue weighted by Crippen LogP contribution is -2.71. The van der Waals surface area contributed by atoms with Crippen LogP contribution in [-0.4, -0.2) is 177 Å². The first kappa shape index (κ1) is 61.2. The van der Waals surface area contributed by atoms with Crippen molar-refractivity contribution >= 4 is 132 Å². The lowest BCUT2D eigenvalue weighted by atomic mass is 8.54. The molecule has 269 valence electrons. The van der Waals surface area contributed by atoms with Crippen molar-refractivity contribution in [3.05, 3.63) is 0 Å². The van der Waals surface area contributed by atoms with Crippen LogP contribution in [0.25, 0.3) is 0 Å². The summed E-state index contributed by atoms with van der Waals surface area (Å²) >= 11 is 0. The normalized spacial score (nSPS) is 10.1. The predicted octanol–water partition coefficient (Wildman–Crippen LogP) is -2.26. The van der Waals surface area contributed by atoms with Crippen LogP contribution in [0.1, 0.15) is 77.0 Å². The Hall–Kier alpha value is -2.82. The Labute approximate surface area is 323 Å². The first-order valence-electron chi connectivity index (χ1n) is 16.1. The van der Waals surface area contributed by atoms with Crippen LogP contribution < -0.4 is 0 Å². The maximum Gasteiger partial charge on any atom is 0.339 e. The van der Waals surface area contributed by atoms with Crippen LogP contribution in [0.2, 0.25) is 0 Å². The lowest BCUT2D eigenvalue weighted by molar-refractivity contribution is -0.174. The van der Waals surface area contributed by atoms with Gasteiger partial charge in [-0.2, -0.15) is 0 Å². The van der Waals surface area contributed by atoms with Crippen molar-refractivity contribution in [2.45, 2.75) is 75.7 Å².